The molecule has 1 aliphatic rings. The van der Waals surface area contributed by atoms with Gasteiger partial charge >= 0.3 is 6.03 Å². The van der Waals surface area contributed by atoms with Crippen LogP contribution in [0.25, 0.3) is 0 Å². The second-order valence-electron chi connectivity index (χ2n) is 8.44. The molecule has 2 aromatic rings. The number of anilines is 1. The Morgan fingerprint density at radius 2 is 1.83 bits per heavy atom. The number of urea groups is 1. The molecule has 2 N–H and O–H groups in total. The van der Waals surface area contributed by atoms with Crippen molar-refractivity contribution in [3.63, 3.8) is 0 Å². The van der Waals surface area contributed by atoms with E-state index in [-0.39, 0.29) is 11.9 Å². The summed E-state index contributed by atoms with van der Waals surface area (Å²) in [4.78, 5) is 27.6. The van der Waals surface area contributed by atoms with Crippen LogP contribution in [0.15, 0.2) is 42.5 Å². The average Bonchev–Trinajstić information content (AvgIpc) is 2.70. The highest BCUT2D eigenvalue weighted by Crippen LogP contribution is 2.30. The average molecular weight is 394 g/mol. The summed E-state index contributed by atoms with van der Waals surface area (Å²) in [6.07, 6.45) is 1.59. The number of carbonyl (C=O) groups excluding carboxylic acids is 2. The molecule has 5 heteroatoms. The maximum atomic E-state index is 13.0. The predicted octanol–water partition coefficient (Wildman–Crippen LogP) is 4.56. The molecule has 1 fully saturated rings. The quantitative estimate of drug-likeness (QED) is 0.800. The molecule has 0 saturated carbocycles. The predicted molar refractivity (Wildman–Crippen MR) is 117 cm³/mol. The molecule has 5 nitrogen and oxygen atoms in total. The fourth-order valence-corrected chi connectivity index (χ4v) is 3.86. The van der Waals surface area contributed by atoms with Crippen molar-refractivity contribution < 1.29 is 9.59 Å². The number of nitrogens with one attached hydrogen (secondary N) is 2. The van der Waals surface area contributed by atoms with Crippen molar-refractivity contribution in [1.29, 1.82) is 0 Å². The van der Waals surface area contributed by atoms with Gasteiger partial charge in [0.1, 0.15) is 0 Å². The number of carbonyl (C=O) groups is 2. The first-order valence-electron chi connectivity index (χ1n) is 10.2. The first kappa shape index (κ1) is 20.9. The zero-order valence-corrected chi connectivity index (χ0v) is 17.8. The van der Waals surface area contributed by atoms with Gasteiger partial charge in [0.2, 0.25) is 5.91 Å². The highest BCUT2D eigenvalue weighted by atomic mass is 16.2. The van der Waals surface area contributed by atoms with Crippen LogP contribution in [-0.2, 0) is 11.3 Å². The first-order valence-corrected chi connectivity index (χ1v) is 10.2. The molecule has 1 aliphatic heterocycles. The Morgan fingerprint density at radius 1 is 1.07 bits per heavy atom. The van der Waals surface area contributed by atoms with E-state index in [0.717, 1.165) is 40.8 Å². The highest BCUT2D eigenvalue weighted by molar-refractivity contribution is 5.91. The van der Waals surface area contributed by atoms with Crippen molar-refractivity contribution in [2.24, 2.45) is 5.41 Å². The Bertz CT molecular complexity index is 909. The van der Waals surface area contributed by atoms with Gasteiger partial charge in [-0.1, -0.05) is 36.4 Å². The Kier molecular flexibility index (Phi) is 6.26. The molecule has 1 heterocycles. The summed E-state index contributed by atoms with van der Waals surface area (Å²) in [7, 11) is 0. The van der Waals surface area contributed by atoms with E-state index in [2.05, 4.69) is 10.6 Å². The molecule has 3 amide bonds. The lowest BCUT2D eigenvalue weighted by molar-refractivity contribution is -0.132. The highest BCUT2D eigenvalue weighted by Gasteiger charge is 2.39. The van der Waals surface area contributed by atoms with Crippen LogP contribution < -0.4 is 10.6 Å². The summed E-state index contributed by atoms with van der Waals surface area (Å²) in [6, 6.07) is 13.9. The Hall–Kier alpha value is -2.82. The maximum absolute atomic E-state index is 13.0. The van der Waals surface area contributed by atoms with Gasteiger partial charge < -0.3 is 15.5 Å². The molecule has 0 spiro atoms. The summed E-state index contributed by atoms with van der Waals surface area (Å²) in [6.45, 7) is 9.58. The topological polar surface area (TPSA) is 61.4 Å². The number of nitrogens with zero attached hydrogens (tertiary/aromatic N) is 1. The van der Waals surface area contributed by atoms with Gasteiger partial charge in [-0.3, -0.25) is 4.79 Å². The van der Waals surface area contributed by atoms with Gasteiger partial charge in [0, 0.05) is 25.3 Å². The molecule has 0 aromatic heterocycles. The van der Waals surface area contributed by atoms with Gasteiger partial charge in [-0.05, 0) is 68.9 Å². The summed E-state index contributed by atoms with van der Waals surface area (Å²) in [5, 5.41) is 6.10. The minimum Gasteiger partial charge on any atom is -0.351 e. The van der Waals surface area contributed by atoms with E-state index in [1.165, 1.54) is 0 Å². The molecule has 0 aliphatic carbocycles. The smallest absolute Gasteiger partial charge is 0.321 e. The third-order valence-corrected chi connectivity index (χ3v) is 5.87. The summed E-state index contributed by atoms with van der Waals surface area (Å²) in [5.41, 5.74) is 4.65. The summed E-state index contributed by atoms with van der Waals surface area (Å²) < 4.78 is 0. The van der Waals surface area contributed by atoms with E-state index < -0.39 is 5.41 Å². The zero-order chi connectivity index (χ0) is 21.0. The SMILES string of the molecule is Cc1ccc(C)c(NC(=O)N2CCC[C@@](C)(C(=O)NCc3ccccc3C)C2)c1. The lowest BCUT2D eigenvalue weighted by atomic mass is 9.81. The van der Waals surface area contributed by atoms with Crippen molar-refractivity contribution in [3.05, 3.63) is 64.7 Å². The van der Waals surface area contributed by atoms with E-state index in [1.807, 2.05) is 70.2 Å². The van der Waals surface area contributed by atoms with Crippen molar-refractivity contribution >= 4 is 17.6 Å². The van der Waals surface area contributed by atoms with Crippen molar-refractivity contribution in [2.75, 3.05) is 18.4 Å². The number of rotatable bonds is 4. The number of aryl methyl sites for hydroxylation is 3. The van der Waals surface area contributed by atoms with Crippen molar-refractivity contribution in [3.8, 4) is 0 Å². The number of benzene rings is 2. The number of likely N-dealkylation sites (tertiary alicyclic amines) is 1. The van der Waals surface area contributed by atoms with Crippen LogP contribution >= 0.6 is 0 Å². The van der Waals surface area contributed by atoms with Gasteiger partial charge in [0.15, 0.2) is 0 Å². The van der Waals surface area contributed by atoms with Gasteiger partial charge in [-0.2, -0.15) is 0 Å². The number of hydrogen-bond donors (Lipinski definition) is 2. The van der Waals surface area contributed by atoms with Gasteiger partial charge in [0.25, 0.3) is 0 Å². The van der Waals surface area contributed by atoms with Crippen LogP contribution in [0.1, 0.15) is 42.0 Å². The fraction of sp³-hybridized carbons (Fsp3) is 0.417. The van der Waals surface area contributed by atoms with Crippen LogP contribution in [0.3, 0.4) is 0 Å². The molecule has 29 heavy (non-hydrogen) atoms. The number of piperidine rings is 1. The molecular weight excluding hydrogens is 362 g/mol. The minimum atomic E-state index is -0.583. The van der Waals surface area contributed by atoms with Crippen molar-refractivity contribution in [1.82, 2.24) is 10.2 Å². The normalized spacial score (nSPS) is 19.0. The van der Waals surface area contributed by atoms with E-state index in [9.17, 15) is 9.59 Å². The Morgan fingerprint density at radius 3 is 2.59 bits per heavy atom. The van der Waals surface area contributed by atoms with Crippen LogP contribution in [0.4, 0.5) is 10.5 Å². The molecular formula is C24H31N3O2. The number of amides is 3. The van der Waals surface area contributed by atoms with E-state index in [0.29, 0.717) is 19.6 Å². The van der Waals surface area contributed by atoms with Gasteiger partial charge in [0.05, 0.1) is 5.41 Å². The van der Waals surface area contributed by atoms with Crippen molar-refractivity contribution in [2.45, 2.75) is 47.1 Å². The van der Waals surface area contributed by atoms with Gasteiger partial charge in [-0.25, -0.2) is 4.79 Å². The molecule has 1 saturated heterocycles. The molecule has 0 bridgehead atoms. The van der Waals surface area contributed by atoms with Crippen LogP contribution in [0, 0.1) is 26.2 Å². The standard InChI is InChI=1S/C24H31N3O2/c1-17-10-11-19(3)21(14-17)26-23(29)27-13-7-12-24(4,16-27)22(28)25-15-20-9-6-5-8-18(20)2/h5-6,8-11,14H,7,12-13,15-16H2,1-4H3,(H,25,28)(H,26,29)/t24-/m1/s1. The Balaban J connectivity index is 1.63. The third kappa shape index (κ3) is 4.97. The second-order valence-corrected chi connectivity index (χ2v) is 8.44. The zero-order valence-electron chi connectivity index (χ0n) is 17.8. The van der Waals surface area contributed by atoms with Crippen LogP contribution in [-0.4, -0.2) is 29.9 Å². The lowest BCUT2D eigenvalue weighted by Gasteiger charge is -2.39. The summed E-state index contributed by atoms with van der Waals surface area (Å²) >= 11 is 0. The molecule has 0 unspecified atom stereocenters. The van der Waals surface area contributed by atoms with E-state index in [4.69, 9.17) is 0 Å². The third-order valence-electron chi connectivity index (χ3n) is 5.87. The Labute approximate surface area is 173 Å². The van der Waals surface area contributed by atoms with Crippen LogP contribution in [0.5, 0.6) is 0 Å². The largest absolute Gasteiger partial charge is 0.351 e. The molecule has 154 valence electrons. The van der Waals surface area contributed by atoms with Crippen LogP contribution in [0.2, 0.25) is 0 Å². The maximum Gasteiger partial charge on any atom is 0.321 e. The first-order chi connectivity index (χ1) is 13.8. The molecule has 3 rings (SSSR count). The van der Waals surface area contributed by atoms with Gasteiger partial charge in [-0.15, -0.1) is 0 Å². The lowest BCUT2D eigenvalue weighted by Crippen LogP contribution is -2.52. The summed E-state index contributed by atoms with van der Waals surface area (Å²) in [5.74, 6) is 0.00462. The molecule has 0 radical (unpaired) electrons. The minimum absolute atomic E-state index is 0.00462. The molecule has 1 atom stereocenters. The van der Waals surface area contributed by atoms with E-state index in [1.54, 1.807) is 4.90 Å². The van der Waals surface area contributed by atoms with E-state index >= 15 is 0 Å². The second kappa shape index (κ2) is 8.68. The number of hydrogen-bond acceptors (Lipinski definition) is 2. The fourth-order valence-electron chi connectivity index (χ4n) is 3.86. The monoisotopic (exact) mass is 393 g/mol. The molecule has 2 aromatic carbocycles.